The lowest BCUT2D eigenvalue weighted by Gasteiger charge is -2.01. The van der Waals surface area contributed by atoms with E-state index in [1.807, 2.05) is 6.26 Å². The van der Waals surface area contributed by atoms with Crippen LogP contribution in [0.3, 0.4) is 0 Å². The number of alkyl halides is 1. The second kappa shape index (κ2) is 4.94. The van der Waals surface area contributed by atoms with Crippen LogP contribution in [-0.2, 0) is 4.79 Å². The number of carboxylic acid groups (broad SMARTS) is 1. The van der Waals surface area contributed by atoms with Crippen molar-refractivity contribution in [2.24, 2.45) is 0 Å². The highest BCUT2D eigenvalue weighted by atomic mass is 35.5. The molecule has 0 aromatic heterocycles. The Kier molecular flexibility index (Phi) is 5.00. The van der Waals surface area contributed by atoms with Crippen LogP contribution >= 0.6 is 23.4 Å². The van der Waals surface area contributed by atoms with Crippen LogP contribution in [0.2, 0.25) is 0 Å². The molecule has 0 amide bonds. The van der Waals surface area contributed by atoms with E-state index in [4.69, 9.17) is 16.7 Å². The molecule has 0 spiro atoms. The Balaban J connectivity index is 3.26. The summed E-state index contributed by atoms with van der Waals surface area (Å²) in [6, 6.07) is 0. The van der Waals surface area contributed by atoms with E-state index in [1.54, 1.807) is 11.8 Å². The first-order chi connectivity index (χ1) is 4.16. The highest BCUT2D eigenvalue weighted by molar-refractivity contribution is 7.98. The molecule has 9 heavy (non-hydrogen) atoms. The van der Waals surface area contributed by atoms with Crippen molar-refractivity contribution in [2.75, 3.05) is 12.0 Å². The predicted molar refractivity (Wildman–Crippen MR) is 40.3 cm³/mol. The van der Waals surface area contributed by atoms with Gasteiger partial charge in [-0.2, -0.15) is 11.8 Å². The summed E-state index contributed by atoms with van der Waals surface area (Å²) in [7, 11) is 0. The first-order valence-corrected chi connectivity index (χ1v) is 4.34. The van der Waals surface area contributed by atoms with Crippen molar-refractivity contribution < 1.29 is 9.90 Å². The monoisotopic (exact) mass is 168 g/mol. The molecule has 0 fully saturated rings. The zero-order valence-corrected chi connectivity index (χ0v) is 6.71. The maximum absolute atomic E-state index is 9.99. The Morgan fingerprint density at radius 3 is 2.78 bits per heavy atom. The summed E-state index contributed by atoms with van der Waals surface area (Å²) in [5.74, 6) is -0.127. The van der Waals surface area contributed by atoms with Gasteiger partial charge in [-0.1, -0.05) is 0 Å². The lowest BCUT2D eigenvalue weighted by molar-refractivity contribution is -0.136. The van der Waals surface area contributed by atoms with Gasteiger partial charge in [0.2, 0.25) is 0 Å². The number of thioether (sulfide) groups is 1. The third-order valence-corrected chi connectivity index (χ3v) is 1.97. The summed E-state index contributed by atoms with van der Waals surface area (Å²) in [6.45, 7) is 0. The fourth-order valence-electron chi connectivity index (χ4n) is 0.429. The van der Waals surface area contributed by atoms with E-state index in [1.165, 1.54) is 0 Å². The van der Waals surface area contributed by atoms with E-state index in [0.29, 0.717) is 5.75 Å². The molecule has 0 aliphatic heterocycles. The van der Waals surface area contributed by atoms with Crippen LogP contribution in [0.4, 0.5) is 0 Å². The molecule has 0 aliphatic carbocycles. The number of carboxylic acids is 1. The molecule has 0 heterocycles. The van der Waals surface area contributed by atoms with Gasteiger partial charge in [-0.15, -0.1) is 11.6 Å². The van der Waals surface area contributed by atoms with Gasteiger partial charge >= 0.3 is 5.97 Å². The normalized spacial score (nSPS) is 13.1. The third kappa shape index (κ3) is 5.99. The minimum Gasteiger partial charge on any atom is -0.481 e. The van der Waals surface area contributed by atoms with Gasteiger partial charge in [0, 0.05) is 5.75 Å². The number of rotatable bonds is 4. The lowest BCUT2D eigenvalue weighted by Crippen LogP contribution is -2.08. The van der Waals surface area contributed by atoms with Gasteiger partial charge in [0.25, 0.3) is 0 Å². The summed E-state index contributed by atoms with van der Waals surface area (Å²) < 4.78 is 0. The standard InChI is InChI=1S/C5H9ClO2S/c1-9-3-4(6)2-5(7)8/h4H,2-3H2,1H3,(H,7,8). The van der Waals surface area contributed by atoms with E-state index < -0.39 is 5.97 Å². The molecule has 0 aromatic rings. The highest BCUT2D eigenvalue weighted by Crippen LogP contribution is 2.07. The van der Waals surface area contributed by atoms with Crippen LogP contribution in [0.25, 0.3) is 0 Å². The van der Waals surface area contributed by atoms with Gasteiger partial charge in [0.15, 0.2) is 0 Å². The minimum atomic E-state index is -0.830. The van der Waals surface area contributed by atoms with E-state index in [2.05, 4.69) is 0 Å². The van der Waals surface area contributed by atoms with E-state index in [-0.39, 0.29) is 11.8 Å². The van der Waals surface area contributed by atoms with E-state index in [0.717, 1.165) is 0 Å². The fraction of sp³-hybridized carbons (Fsp3) is 0.800. The molecule has 0 rings (SSSR count). The van der Waals surface area contributed by atoms with Gasteiger partial charge in [-0.3, -0.25) is 4.79 Å². The number of carbonyl (C=O) groups is 1. The minimum absolute atomic E-state index is 0.0579. The van der Waals surface area contributed by atoms with Gasteiger partial charge in [0.05, 0.1) is 11.8 Å². The van der Waals surface area contributed by atoms with Crippen molar-refractivity contribution in [1.82, 2.24) is 0 Å². The molecule has 1 unspecified atom stereocenters. The molecule has 1 N–H and O–H groups in total. The molecule has 0 aliphatic rings. The molecule has 0 saturated carbocycles. The lowest BCUT2D eigenvalue weighted by atomic mass is 10.3. The van der Waals surface area contributed by atoms with Crippen molar-refractivity contribution in [3.63, 3.8) is 0 Å². The highest BCUT2D eigenvalue weighted by Gasteiger charge is 2.07. The van der Waals surface area contributed by atoms with Gasteiger partial charge < -0.3 is 5.11 Å². The quantitative estimate of drug-likeness (QED) is 0.646. The summed E-state index contributed by atoms with van der Waals surface area (Å²) in [4.78, 5) is 9.99. The Labute approximate surface area is 63.6 Å². The third-order valence-electron chi connectivity index (χ3n) is 0.744. The molecular weight excluding hydrogens is 160 g/mol. The van der Waals surface area contributed by atoms with Crippen LogP contribution < -0.4 is 0 Å². The molecule has 0 aromatic carbocycles. The van der Waals surface area contributed by atoms with Crippen LogP contribution in [0, 0.1) is 0 Å². The second-order valence-electron chi connectivity index (χ2n) is 1.65. The maximum atomic E-state index is 9.99. The maximum Gasteiger partial charge on any atom is 0.304 e. The number of hydrogen-bond acceptors (Lipinski definition) is 2. The van der Waals surface area contributed by atoms with Crippen LogP contribution in [-0.4, -0.2) is 28.5 Å². The molecule has 1 atom stereocenters. The molecule has 0 saturated heterocycles. The van der Waals surface area contributed by atoms with E-state index >= 15 is 0 Å². The van der Waals surface area contributed by atoms with Crippen molar-refractivity contribution in [1.29, 1.82) is 0 Å². The topological polar surface area (TPSA) is 37.3 Å². The molecular formula is C5H9ClO2S. The molecule has 54 valence electrons. The van der Waals surface area contributed by atoms with E-state index in [9.17, 15) is 4.79 Å². The summed E-state index contributed by atoms with van der Waals surface area (Å²) in [5, 5.41) is 7.99. The Morgan fingerprint density at radius 2 is 2.44 bits per heavy atom. The van der Waals surface area contributed by atoms with Crippen LogP contribution in [0.5, 0.6) is 0 Å². The predicted octanol–water partition coefficient (Wildman–Crippen LogP) is 1.43. The van der Waals surface area contributed by atoms with Crippen molar-refractivity contribution in [3.05, 3.63) is 0 Å². The number of halogens is 1. The van der Waals surface area contributed by atoms with Gasteiger partial charge in [-0.05, 0) is 6.26 Å². The Bertz CT molecular complexity index is 97.0. The second-order valence-corrected chi connectivity index (χ2v) is 3.18. The average Bonchev–Trinajstić information content (AvgIpc) is 1.63. The molecule has 2 nitrogen and oxygen atoms in total. The first-order valence-electron chi connectivity index (χ1n) is 2.51. The first kappa shape index (κ1) is 9.11. The molecule has 0 bridgehead atoms. The van der Waals surface area contributed by atoms with Gasteiger partial charge in [-0.25, -0.2) is 0 Å². The fourth-order valence-corrected chi connectivity index (χ4v) is 1.42. The van der Waals surface area contributed by atoms with Crippen LogP contribution in [0.15, 0.2) is 0 Å². The largest absolute Gasteiger partial charge is 0.481 e. The SMILES string of the molecule is CSCC(Cl)CC(=O)O. The Hall–Kier alpha value is 0.110. The van der Waals surface area contributed by atoms with Crippen molar-refractivity contribution >= 4 is 29.3 Å². The number of aliphatic carboxylic acids is 1. The van der Waals surface area contributed by atoms with Crippen molar-refractivity contribution in [2.45, 2.75) is 11.8 Å². The zero-order valence-electron chi connectivity index (χ0n) is 5.13. The van der Waals surface area contributed by atoms with Crippen LogP contribution in [0.1, 0.15) is 6.42 Å². The zero-order chi connectivity index (χ0) is 7.28. The smallest absolute Gasteiger partial charge is 0.304 e. The summed E-state index contributed by atoms with van der Waals surface area (Å²) >= 11 is 7.13. The molecule has 4 heteroatoms. The van der Waals surface area contributed by atoms with Crippen molar-refractivity contribution in [3.8, 4) is 0 Å². The summed E-state index contributed by atoms with van der Waals surface area (Å²) in [5.41, 5.74) is 0. The average molecular weight is 169 g/mol. The van der Waals surface area contributed by atoms with Gasteiger partial charge in [0.1, 0.15) is 0 Å². The number of hydrogen-bond donors (Lipinski definition) is 1. The molecule has 0 radical (unpaired) electrons. The summed E-state index contributed by atoms with van der Waals surface area (Å²) in [6.07, 6.45) is 1.96. The Morgan fingerprint density at radius 1 is 1.89 bits per heavy atom.